The van der Waals surface area contributed by atoms with Gasteiger partial charge in [0.25, 0.3) is 0 Å². The molecule has 0 bridgehead atoms. The van der Waals surface area contributed by atoms with E-state index < -0.39 is 5.97 Å². The largest absolute Gasteiger partial charge is 0.477 e. The molecule has 0 spiro atoms. The van der Waals surface area contributed by atoms with E-state index in [4.69, 9.17) is 0 Å². The van der Waals surface area contributed by atoms with Crippen molar-refractivity contribution in [1.29, 1.82) is 0 Å². The van der Waals surface area contributed by atoms with E-state index in [2.05, 4.69) is 6.92 Å². The molecular formula is C17H24O2S. The maximum atomic E-state index is 11.2. The summed E-state index contributed by atoms with van der Waals surface area (Å²) in [6.45, 7) is 2.21. The number of carboxylic acids is 1. The van der Waals surface area contributed by atoms with Gasteiger partial charge < -0.3 is 5.11 Å². The maximum absolute atomic E-state index is 11.2. The lowest BCUT2D eigenvalue weighted by Crippen LogP contribution is -1.96. The molecule has 0 saturated carbocycles. The first-order valence-electron chi connectivity index (χ1n) is 7.40. The summed E-state index contributed by atoms with van der Waals surface area (Å²) in [7, 11) is 0. The number of hydrogen-bond donors (Lipinski definition) is 1. The van der Waals surface area contributed by atoms with Gasteiger partial charge in [0, 0.05) is 4.90 Å². The van der Waals surface area contributed by atoms with Crippen molar-refractivity contribution >= 4 is 17.7 Å². The maximum Gasteiger partial charge on any atom is 0.342 e. The molecule has 110 valence electrons. The number of carboxylic acid groups (broad SMARTS) is 1. The Morgan fingerprint density at radius 2 is 1.75 bits per heavy atom. The average molecular weight is 292 g/mol. The number of hydrogen-bond acceptors (Lipinski definition) is 2. The van der Waals surface area contributed by atoms with Crippen molar-refractivity contribution in [3.63, 3.8) is 0 Å². The van der Waals surface area contributed by atoms with E-state index in [0.29, 0.717) is 4.91 Å². The fourth-order valence-corrected chi connectivity index (χ4v) is 2.78. The monoisotopic (exact) mass is 292 g/mol. The van der Waals surface area contributed by atoms with E-state index in [0.717, 1.165) is 17.7 Å². The summed E-state index contributed by atoms with van der Waals surface area (Å²) in [5.74, 6) is -0.829. The molecular weight excluding hydrogens is 268 g/mol. The van der Waals surface area contributed by atoms with Crippen LogP contribution in [-0.2, 0) is 4.79 Å². The van der Waals surface area contributed by atoms with Crippen molar-refractivity contribution < 1.29 is 9.90 Å². The highest BCUT2D eigenvalue weighted by Crippen LogP contribution is 2.27. The van der Waals surface area contributed by atoms with E-state index in [1.807, 2.05) is 36.4 Å². The normalized spacial score (nSPS) is 11.6. The third-order valence-electron chi connectivity index (χ3n) is 3.07. The Balaban J connectivity index is 2.34. The lowest BCUT2D eigenvalue weighted by molar-refractivity contribution is -0.131. The predicted molar refractivity (Wildman–Crippen MR) is 86.0 cm³/mol. The highest BCUT2D eigenvalue weighted by molar-refractivity contribution is 8.04. The van der Waals surface area contributed by atoms with Crippen molar-refractivity contribution in [3.05, 3.63) is 41.3 Å². The van der Waals surface area contributed by atoms with Gasteiger partial charge in [-0.3, -0.25) is 0 Å². The number of unbranched alkanes of at least 4 members (excludes halogenated alkanes) is 6. The van der Waals surface area contributed by atoms with Crippen molar-refractivity contribution in [2.24, 2.45) is 0 Å². The SMILES string of the molecule is CCCCCCCCC=C(Sc1ccccc1)C(=O)O. The molecule has 0 atom stereocenters. The molecule has 1 rings (SSSR count). The number of rotatable bonds is 10. The average Bonchev–Trinajstić information content (AvgIpc) is 2.46. The van der Waals surface area contributed by atoms with Crippen LogP contribution in [0.5, 0.6) is 0 Å². The van der Waals surface area contributed by atoms with Gasteiger partial charge in [-0.25, -0.2) is 4.79 Å². The Bertz CT molecular complexity index is 412. The van der Waals surface area contributed by atoms with Crippen LogP contribution in [0, 0.1) is 0 Å². The lowest BCUT2D eigenvalue weighted by atomic mass is 10.1. The van der Waals surface area contributed by atoms with Gasteiger partial charge in [0.05, 0.1) is 4.91 Å². The van der Waals surface area contributed by atoms with Crippen LogP contribution < -0.4 is 0 Å². The van der Waals surface area contributed by atoms with Crippen LogP contribution in [0.3, 0.4) is 0 Å². The van der Waals surface area contributed by atoms with Gasteiger partial charge in [0.15, 0.2) is 0 Å². The molecule has 0 saturated heterocycles. The molecule has 1 aromatic rings. The molecule has 3 heteroatoms. The molecule has 0 amide bonds. The molecule has 0 aliphatic heterocycles. The van der Waals surface area contributed by atoms with Gasteiger partial charge in [-0.2, -0.15) is 0 Å². The molecule has 0 aliphatic rings. The van der Waals surface area contributed by atoms with Crippen LogP contribution in [-0.4, -0.2) is 11.1 Å². The molecule has 2 nitrogen and oxygen atoms in total. The zero-order valence-electron chi connectivity index (χ0n) is 12.2. The molecule has 0 aromatic heterocycles. The number of carbonyl (C=O) groups is 1. The summed E-state index contributed by atoms with van der Waals surface area (Å²) in [6, 6.07) is 9.66. The summed E-state index contributed by atoms with van der Waals surface area (Å²) in [4.78, 5) is 12.6. The van der Waals surface area contributed by atoms with Gasteiger partial charge in [0.2, 0.25) is 0 Å². The Labute approximate surface area is 126 Å². The van der Waals surface area contributed by atoms with Gasteiger partial charge in [-0.05, 0) is 25.0 Å². The van der Waals surface area contributed by atoms with Gasteiger partial charge >= 0.3 is 5.97 Å². The number of allylic oxidation sites excluding steroid dienone is 1. The second kappa shape index (κ2) is 10.6. The van der Waals surface area contributed by atoms with E-state index in [9.17, 15) is 9.90 Å². The lowest BCUT2D eigenvalue weighted by Gasteiger charge is -2.03. The summed E-state index contributed by atoms with van der Waals surface area (Å²) in [6.07, 6.45) is 10.1. The number of aliphatic carboxylic acids is 1. The minimum atomic E-state index is -0.829. The quantitative estimate of drug-likeness (QED) is 0.351. The molecule has 20 heavy (non-hydrogen) atoms. The van der Waals surface area contributed by atoms with Crippen LogP contribution in [0.2, 0.25) is 0 Å². The van der Waals surface area contributed by atoms with E-state index in [1.165, 1.54) is 43.9 Å². The van der Waals surface area contributed by atoms with Gasteiger partial charge in [-0.15, -0.1) is 0 Å². The Morgan fingerprint density at radius 3 is 2.40 bits per heavy atom. The highest BCUT2D eigenvalue weighted by atomic mass is 32.2. The van der Waals surface area contributed by atoms with E-state index >= 15 is 0 Å². The van der Waals surface area contributed by atoms with E-state index in [-0.39, 0.29) is 0 Å². The summed E-state index contributed by atoms with van der Waals surface area (Å²) in [5.41, 5.74) is 0. The smallest absolute Gasteiger partial charge is 0.342 e. The van der Waals surface area contributed by atoms with Crippen molar-refractivity contribution in [1.82, 2.24) is 0 Å². The Kier molecular flexibility index (Phi) is 8.88. The first-order valence-corrected chi connectivity index (χ1v) is 8.22. The molecule has 0 fully saturated rings. The molecule has 0 radical (unpaired) electrons. The minimum absolute atomic E-state index is 0.435. The van der Waals surface area contributed by atoms with Crippen molar-refractivity contribution in [3.8, 4) is 0 Å². The minimum Gasteiger partial charge on any atom is -0.477 e. The number of benzene rings is 1. The third-order valence-corrected chi connectivity index (χ3v) is 4.14. The van der Waals surface area contributed by atoms with E-state index in [1.54, 1.807) is 0 Å². The van der Waals surface area contributed by atoms with Crippen LogP contribution >= 0.6 is 11.8 Å². The second-order valence-electron chi connectivity index (χ2n) is 4.85. The summed E-state index contributed by atoms with van der Waals surface area (Å²) in [5, 5.41) is 9.22. The molecule has 1 N–H and O–H groups in total. The molecule has 0 aliphatic carbocycles. The summed E-state index contributed by atoms with van der Waals surface area (Å²) >= 11 is 1.33. The topological polar surface area (TPSA) is 37.3 Å². The zero-order valence-corrected chi connectivity index (χ0v) is 13.0. The highest BCUT2D eigenvalue weighted by Gasteiger charge is 2.08. The van der Waals surface area contributed by atoms with Crippen LogP contribution in [0.25, 0.3) is 0 Å². The van der Waals surface area contributed by atoms with Gasteiger partial charge in [0.1, 0.15) is 0 Å². The zero-order chi connectivity index (χ0) is 14.6. The fourth-order valence-electron chi connectivity index (χ4n) is 1.95. The van der Waals surface area contributed by atoms with Crippen molar-refractivity contribution in [2.75, 3.05) is 0 Å². The van der Waals surface area contributed by atoms with Crippen molar-refractivity contribution in [2.45, 2.75) is 56.8 Å². The standard InChI is InChI=1S/C17H24O2S/c1-2-3-4-5-6-7-11-14-16(17(18)19)20-15-12-9-8-10-13-15/h8-10,12-14H,2-7,11H2,1H3,(H,18,19). The molecule has 1 aromatic carbocycles. The van der Waals surface area contributed by atoms with Crippen LogP contribution in [0.15, 0.2) is 46.2 Å². The third kappa shape index (κ3) is 7.39. The first-order chi connectivity index (χ1) is 9.74. The Morgan fingerprint density at radius 1 is 1.10 bits per heavy atom. The van der Waals surface area contributed by atoms with Crippen LogP contribution in [0.1, 0.15) is 51.9 Å². The fraction of sp³-hybridized carbons (Fsp3) is 0.471. The first kappa shape index (κ1) is 16.8. The van der Waals surface area contributed by atoms with Crippen LogP contribution in [0.4, 0.5) is 0 Å². The second-order valence-corrected chi connectivity index (χ2v) is 5.96. The predicted octanol–water partition coefficient (Wildman–Crippen LogP) is 5.50. The summed E-state index contributed by atoms with van der Waals surface area (Å²) < 4.78 is 0. The van der Waals surface area contributed by atoms with Gasteiger partial charge in [-0.1, -0.05) is 75.1 Å². The molecule has 0 heterocycles. The number of thioether (sulfide) groups is 1. The Hall–Kier alpha value is -1.22. The molecule has 0 unspecified atom stereocenters.